The second-order valence-corrected chi connectivity index (χ2v) is 6.65. The molecule has 1 aliphatic carbocycles. The smallest absolute Gasteiger partial charge is 0.300 e. The topological polar surface area (TPSA) is 124 Å². The van der Waals surface area contributed by atoms with Crippen LogP contribution in [0.4, 0.5) is 0 Å². The number of fused-ring (bicyclic) bond motifs is 2. The Kier molecular flexibility index (Phi) is 4.84. The SMILES string of the molecule is CCCCN1C[C@@]2([N+](=O)[O-])C=CC(=O)[C@@]([N+](=O)[O-])(C1)[C@@H]2CC(C)=O. The minimum absolute atomic E-state index is 0.0304. The zero-order valence-corrected chi connectivity index (χ0v) is 13.8. The molecule has 24 heavy (non-hydrogen) atoms. The monoisotopic (exact) mass is 339 g/mol. The molecule has 0 spiro atoms. The number of hydrogen-bond acceptors (Lipinski definition) is 7. The van der Waals surface area contributed by atoms with Gasteiger partial charge in [-0.25, -0.2) is 0 Å². The highest BCUT2D eigenvalue weighted by Gasteiger charge is 2.73. The minimum Gasteiger partial charge on any atom is -0.300 e. The molecule has 0 radical (unpaired) electrons. The fourth-order valence-electron chi connectivity index (χ4n) is 3.87. The Morgan fingerprint density at radius 1 is 1.33 bits per heavy atom. The Labute approximate surface area is 139 Å². The number of carbonyl (C=O) groups excluding carboxylic acids is 2. The van der Waals surface area contributed by atoms with Crippen LogP contribution in [0, 0.1) is 26.1 Å². The fourth-order valence-corrected chi connectivity index (χ4v) is 3.87. The molecular weight excluding hydrogens is 318 g/mol. The molecule has 9 nitrogen and oxygen atoms in total. The van der Waals surface area contributed by atoms with Gasteiger partial charge in [-0.05, 0) is 32.0 Å². The van der Waals surface area contributed by atoms with Gasteiger partial charge < -0.3 is 4.79 Å². The van der Waals surface area contributed by atoms with E-state index in [1.165, 1.54) is 6.92 Å². The lowest BCUT2D eigenvalue weighted by Crippen LogP contribution is -2.75. The van der Waals surface area contributed by atoms with Crippen molar-refractivity contribution in [2.45, 2.75) is 44.2 Å². The average Bonchev–Trinajstić information content (AvgIpc) is 2.49. The van der Waals surface area contributed by atoms with Crippen LogP contribution in [-0.2, 0) is 9.59 Å². The largest absolute Gasteiger partial charge is 0.305 e. The number of piperidine rings is 1. The van der Waals surface area contributed by atoms with Gasteiger partial charge in [0.2, 0.25) is 5.78 Å². The van der Waals surface area contributed by atoms with Crippen LogP contribution >= 0.6 is 0 Å². The molecule has 0 saturated carbocycles. The maximum atomic E-state index is 12.5. The van der Waals surface area contributed by atoms with Crippen LogP contribution in [0.3, 0.4) is 0 Å². The van der Waals surface area contributed by atoms with Crippen LogP contribution in [-0.4, -0.2) is 57.0 Å². The van der Waals surface area contributed by atoms with Crippen LogP contribution in [0.15, 0.2) is 12.2 Å². The van der Waals surface area contributed by atoms with E-state index in [1.54, 1.807) is 4.90 Å². The normalized spacial score (nSPS) is 32.6. The summed E-state index contributed by atoms with van der Waals surface area (Å²) in [6.07, 6.45) is 3.30. The number of nitrogens with zero attached hydrogens (tertiary/aromatic N) is 3. The molecule has 2 bridgehead atoms. The van der Waals surface area contributed by atoms with Gasteiger partial charge in [0, 0.05) is 16.3 Å². The Morgan fingerprint density at radius 3 is 2.50 bits per heavy atom. The maximum absolute atomic E-state index is 12.5. The summed E-state index contributed by atoms with van der Waals surface area (Å²) in [4.78, 5) is 48.1. The standard InChI is InChI=1S/C15H21N3O6/c1-3-4-7-16-9-14(17(21)22)6-5-13(20)15(10-16,18(23)24)12(14)8-11(2)19/h5-6,12H,3-4,7-10H2,1-2H3/t12-,14+,15-/m1/s1. The third-order valence-electron chi connectivity index (χ3n) is 5.06. The van der Waals surface area contributed by atoms with E-state index in [1.807, 2.05) is 6.92 Å². The molecule has 0 unspecified atom stereocenters. The number of ketones is 2. The van der Waals surface area contributed by atoms with E-state index >= 15 is 0 Å². The zero-order valence-electron chi connectivity index (χ0n) is 13.8. The molecule has 132 valence electrons. The summed E-state index contributed by atoms with van der Waals surface area (Å²) in [5, 5.41) is 23.7. The molecular formula is C15H21N3O6. The first kappa shape index (κ1) is 18.2. The lowest BCUT2D eigenvalue weighted by Gasteiger charge is -2.48. The second-order valence-electron chi connectivity index (χ2n) is 6.65. The van der Waals surface area contributed by atoms with Crippen LogP contribution in [0.2, 0.25) is 0 Å². The van der Waals surface area contributed by atoms with Crippen LogP contribution in [0.5, 0.6) is 0 Å². The number of Topliss-reactive ketones (excluding diaryl/α,β-unsaturated/α-hetero) is 1. The van der Waals surface area contributed by atoms with Crippen molar-refractivity contribution in [2.24, 2.45) is 5.92 Å². The Bertz CT molecular complexity index is 618. The van der Waals surface area contributed by atoms with Gasteiger partial charge in [0.25, 0.3) is 5.54 Å². The summed E-state index contributed by atoms with van der Waals surface area (Å²) in [6.45, 7) is 3.39. The summed E-state index contributed by atoms with van der Waals surface area (Å²) in [5.41, 5.74) is -3.93. The highest BCUT2D eigenvalue weighted by molar-refractivity contribution is 5.99. The van der Waals surface area contributed by atoms with Gasteiger partial charge in [0.05, 0.1) is 13.1 Å². The molecule has 1 fully saturated rings. The van der Waals surface area contributed by atoms with Crippen molar-refractivity contribution >= 4 is 11.6 Å². The van der Waals surface area contributed by atoms with Crippen LogP contribution in [0.25, 0.3) is 0 Å². The van der Waals surface area contributed by atoms with Gasteiger partial charge in [0.1, 0.15) is 11.7 Å². The van der Waals surface area contributed by atoms with E-state index in [-0.39, 0.29) is 19.5 Å². The van der Waals surface area contributed by atoms with Crippen LogP contribution in [0.1, 0.15) is 33.1 Å². The molecule has 0 aromatic heterocycles. The lowest BCUT2D eigenvalue weighted by molar-refractivity contribution is -0.623. The number of likely N-dealkylation sites (tertiary alicyclic amines) is 1. The van der Waals surface area contributed by atoms with E-state index in [0.717, 1.165) is 25.0 Å². The summed E-state index contributed by atoms with van der Waals surface area (Å²) in [6, 6.07) is 0. The van der Waals surface area contributed by atoms with E-state index in [2.05, 4.69) is 0 Å². The predicted molar refractivity (Wildman–Crippen MR) is 83.7 cm³/mol. The Hall–Kier alpha value is -2.16. The first-order chi connectivity index (χ1) is 11.2. The van der Waals surface area contributed by atoms with Gasteiger partial charge in [-0.1, -0.05) is 13.3 Å². The lowest BCUT2D eigenvalue weighted by atomic mass is 9.61. The number of carbonyl (C=O) groups is 2. The maximum Gasteiger partial charge on any atom is 0.305 e. The molecule has 0 N–H and O–H groups in total. The van der Waals surface area contributed by atoms with Crippen molar-refractivity contribution in [3.63, 3.8) is 0 Å². The molecule has 0 aromatic carbocycles. The number of unbranched alkanes of at least 4 members (excludes halogenated alkanes) is 1. The number of hydrogen-bond donors (Lipinski definition) is 0. The first-order valence-electron chi connectivity index (χ1n) is 7.95. The van der Waals surface area contributed by atoms with E-state index in [0.29, 0.717) is 6.54 Å². The fraction of sp³-hybridized carbons (Fsp3) is 0.733. The van der Waals surface area contributed by atoms with E-state index in [4.69, 9.17) is 0 Å². The zero-order chi connectivity index (χ0) is 18.1. The molecule has 9 heteroatoms. The molecule has 1 saturated heterocycles. The summed E-state index contributed by atoms with van der Waals surface area (Å²) in [7, 11) is 0. The van der Waals surface area contributed by atoms with E-state index in [9.17, 15) is 29.8 Å². The first-order valence-corrected chi connectivity index (χ1v) is 7.95. The van der Waals surface area contributed by atoms with Crippen molar-refractivity contribution in [1.29, 1.82) is 0 Å². The van der Waals surface area contributed by atoms with Gasteiger partial charge in [0.15, 0.2) is 0 Å². The van der Waals surface area contributed by atoms with Crippen LogP contribution < -0.4 is 0 Å². The number of rotatable bonds is 7. The van der Waals surface area contributed by atoms with Crippen molar-refractivity contribution in [1.82, 2.24) is 4.90 Å². The summed E-state index contributed by atoms with van der Waals surface area (Å²) < 4.78 is 0. The molecule has 0 amide bonds. The third-order valence-corrected chi connectivity index (χ3v) is 5.06. The van der Waals surface area contributed by atoms with Crippen molar-refractivity contribution in [2.75, 3.05) is 19.6 Å². The van der Waals surface area contributed by atoms with Gasteiger partial charge in [-0.2, -0.15) is 0 Å². The molecule has 2 aliphatic rings. The summed E-state index contributed by atoms with van der Waals surface area (Å²) in [5.74, 6) is -2.44. The minimum atomic E-state index is -2.14. The Morgan fingerprint density at radius 2 is 2.00 bits per heavy atom. The molecule has 1 aliphatic heterocycles. The molecule has 3 atom stereocenters. The van der Waals surface area contributed by atoms with Gasteiger partial charge in [-0.15, -0.1) is 0 Å². The highest BCUT2D eigenvalue weighted by atomic mass is 16.6. The Balaban J connectivity index is 2.61. The molecule has 1 heterocycles. The molecule has 0 aromatic rings. The highest BCUT2D eigenvalue weighted by Crippen LogP contribution is 2.45. The number of nitro groups is 2. The van der Waals surface area contributed by atoms with Crippen molar-refractivity contribution < 1.29 is 19.4 Å². The van der Waals surface area contributed by atoms with Gasteiger partial charge >= 0.3 is 5.54 Å². The van der Waals surface area contributed by atoms with Gasteiger partial charge in [-0.3, -0.25) is 29.9 Å². The summed E-state index contributed by atoms with van der Waals surface area (Å²) >= 11 is 0. The third kappa shape index (κ3) is 2.62. The second kappa shape index (κ2) is 6.39. The molecule has 2 rings (SSSR count). The van der Waals surface area contributed by atoms with Crippen molar-refractivity contribution in [3.8, 4) is 0 Å². The quantitative estimate of drug-likeness (QED) is 0.498. The van der Waals surface area contributed by atoms with E-state index < -0.39 is 38.4 Å². The average molecular weight is 339 g/mol. The predicted octanol–water partition coefficient (Wildman–Crippen LogP) is 0.867. The van der Waals surface area contributed by atoms with Crippen molar-refractivity contribution in [3.05, 3.63) is 32.4 Å².